The largest absolute Gasteiger partial charge is 0.356 e. The van der Waals surface area contributed by atoms with Gasteiger partial charge in [-0.05, 0) is 36.6 Å². The van der Waals surface area contributed by atoms with Gasteiger partial charge in [0.1, 0.15) is 0 Å². The second kappa shape index (κ2) is 9.37. The van der Waals surface area contributed by atoms with Gasteiger partial charge in [-0.2, -0.15) is 0 Å². The van der Waals surface area contributed by atoms with Crippen LogP contribution in [0.2, 0.25) is 0 Å². The first-order chi connectivity index (χ1) is 12.6. The fourth-order valence-electron chi connectivity index (χ4n) is 3.26. The van der Waals surface area contributed by atoms with Gasteiger partial charge in [-0.25, -0.2) is 0 Å². The fraction of sp³-hybridized carbons (Fsp3) is 0.684. The van der Waals surface area contributed by atoms with Gasteiger partial charge in [0, 0.05) is 50.7 Å². The summed E-state index contributed by atoms with van der Waals surface area (Å²) in [5, 5.41) is 8.73. The molecule has 1 unspecified atom stereocenters. The van der Waals surface area contributed by atoms with Gasteiger partial charge in [0.2, 0.25) is 5.91 Å². The predicted octanol–water partition coefficient (Wildman–Crippen LogP) is 1.40. The van der Waals surface area contributed by atoms with Crippen LogP contribution in [0.15, 0.2) is 22.5 Å². The average molecular weight is 378 g/mol. The van der Waals surface area contributed by atoms with Crippen molar-refractivity contribution in [2.75, 3.05) is 46.3 Å². The van der Waals surface area contributed by atoms with Crippen molar-refractivity contribution in [2.45, 2.75) is 32.2 Å². The normalized spacial score (nSPS) is 20.1. The Morgan fingerprint density at radius 3 is 2.73 bits per heavy atom. The van der Waals surface area contributed by atoms with Gasteiger partial charge >= 0.3 is 0 Å². The summed E-state index contributed by atoms with van der Waals surface area (Å²) in [6.07, 6.45) is 3.39. The molecule has 7 heteroatoms. The molecule has 2 N–H and O–H groups in total. The molecule has 6 nitrogen and oxygen atoms in total. The average Bonchev–Trinajstić information content (AvgIpc) is 3.29. The number of nitrogens with zero attached hydrogens (tertiary/aromatic N) is 3. The molecule has 2 aliphatic rings. The summed E-state index contributed by atoms with van der Waals surface area (Å²) < 4.78 is 0. The fourth-order valence-corrected chi connectivity index (χ4v) is 4.13. The number of hydrogen-bond donors (Lipinski definition) is 2. The van der Waals surface area contributed by atoms with Crippen molar-refractivity contribution in [1.82, 2.24) is 20.4 Å². The minimum atomic E-state index is 0.172. The molecule has 1 aromatic rings. The van der Waals surface area contributed by atoms with Crippen LogP contribution in [0, 0.1) is 5.92 Å². The van der Waals surface area contributed by atoms with E-state index in [-0.39, 0.29) is 5.91 Å². The summed E-state index contributed by atoms with van der Waals surface area (Å²) in [5.74, 6) is 1.72. The van der Waals surface area contributed by atoms with E-state index >= 15 is 0 Å². The highest BCUT2D eigenvalue weighted by atomic mass is 32.1. The van der Waals surface area contributed by atoms with Crippen LogP contribution in [0.25, 0.3) is 0 Å². The van der Waals surface area contributed by atoms with Gasteiger partial charge in [0.25, 0.3) is 0 Å². The van der Waals surface area contributed by atoms with Gasteiger partial charge in [0.05, 0.1) is 6.54 Å². The van der Waals surface area contributed by atoms with Crippen molar-refractivity contribution in [2.24, 2.45) is 10.9 Å². The molecular formula is C19H31N5OS. The maximum atomic E-state index is 11.9. The molecule has 144 valence electrons. The van der Waals surface area contributed by atoms with Crippen LogP contribution >= 0.6 is 11.3 Å². The molecule has 26 heavy (non-hydrogen) atoms. The summed E-state index contributed by atoms with van der Waals surface area (Å²) in [6.45, 7) is 7.36. The Labute approximate surface area is 160 Å². The van der Waals surface area contributed by atoms with Gasteiger partial charge in [-0.1, -0.05) is 13.0 Å². The SMILES string of the molecule is CN=C(NCC(C)Cc1cccs1)N1CCN(CC(=O)NC2CC2)CC1. The molecule has 2 fully saturated rings. The van der Waals surface area contributed by atoms with Crippen LogP contribution in [0.3, 0.4) is 0 Å². The van der Waals surface area contributed by atoms with Crippen molar-refractivity contribution in [3.8, 4) is 0 Å². The Morgan fingerprint density at radius 2 is 2.12 bits per heavy atom. The Hall–Kier alpha value is -1.60. The standard InChI is InChI=1S/C19H31N5OS/c1-15(12-17-4-3-11-26-17)13-21-19(20-2)24-9-7-23(8-10-24)14-18(25)22-16-5-6-16/h3-4,11,15-16H,5-10,12-14H2,1-2H3,(H,20,21)(H,22,25). The van der Waals surface area contributed by atoms with Crippen LogP contribution in [0.5, 0.6) is 0 Å². The maximum Gasteiger partial charge on any atom is 0.234 e. The minimum Gasteiger partial charge on any atom is -0.356 e. The lowest BCUT2D eigenvalue weighted by Crippen LogP contribution is -2.54. The highest BCUT2D eigenvalue weighted by molar-refractivity contribution is 7.09. The molecule has 1 atom stereocenters. The van der Waals surface area contributed by atoms with E-state index in [2.05, 4.69) is 49.9 Å². The van der Waals surface area contributed by atoms with Crippen LogP contribution in [-0.2, 0) is 11.2 Å². The summed E-state index contributed by atoms with van der Waals surface area (Å²) >= 11 is 1.83. The maximum absolute atomic E-state index is 11.9. The number of aliphatic imine (C=N–C) groups is 1. The predicted molar refractivity (Wildman–Crippen MR) is 108 cm³/mol. The topological polar surface area (TPSA) is 60.0 Å². The number of carbonyl (C=O) groups is 1. The second-order valence-corrected chi connectivity index (χ2v) is 8.45. The number of amides is 1. The molecule has 1 saturated heterocycles. The van der Waals surface area contributed by atoms with E-state index in [9.17, 15) is 4.79 Å². The van der Waals surface area contributed by atoms with E-state index < -0.39 is 0 Å². The summed E-state index contributed by atoms with van der Waals surface area (Å²) in [7, 11) is 1.85. The Morgan fingerprint density at radius 1 is 1.35 bits per heavy atom. The molecule has 0 bridgehead atoms. The Balaban J connectivity index is 1.36. The van der Waals surface area contributed by atoms with E-state index in [4.69, 9.17) is 0 Å². The smallest absolute Gasteiger partial charge is 0.234 e. The summed E-state index contributed by atoms with van der Waals surface area (Å²) in [6, 6.07) is 4.76. The first-order valence-corrected chi connectivity index (χ1v) is 10.5. The number of guanidine groups is 1. The Kier molecular flexibility index (Phi) is 6.91. The van der Waals surface area contributed by atoms with Crippen LogP contribution < -0.4 is 10.6 Å². The number of rotatable bonds is 7. The molecular weight excluding hydrogens is 346 g/mol. The molecule has 1 aliphatic carbocycles. The van der Waals surface area contributed by atoms with Crippen LogP contribution in [-0.4, -0.2) is 74.0 Å². The van der Waals surface area contributed by atoms with E-state index in [0.717, 1.165) is 57.9 Å². The Bertz CT molecular complexity index is 591. The monoisotopic (exact) mass is 377 g/mol. The van der Waals surface area contributed by atoms with Crippen LogP contribution in [0.1, 0.15) is 24.6 Å². The number of piperazine rings is 1. The first kappa shape index (κ1) is 19.2. The van der Waals surface area contributed by atoms with Crippen molar-refractivity contribution in [1.29, 1.82) is 0 Å². The molecule has 2 heterocycles. The van der Waals surface area contributed by atoms with Gasteiger partial charge < -0.3 is 15.5 Å². The second-order valence-electron chi connectivity index (χ2n) is 7.42. The third-order valence-corrected chi connectivity index (χ3v) is 5.83. The molecule has 1 aromatic heterocycles. The van der Waals surface area contributed by atoms with Gasteiger partial charge in [-0.3, -0.25) is 14.7 Å². The summed E-state index contributed by atoms with van der Waals surface area (Å²) in [5.41, 5.74) is 0. The quantitative estimate of drug-likeness (QED) is 0.557. The van der Waals surface area contributed by atoms with E-state index in [0.29, 0.717) is 18.5 Å². The number of nitrogens with one attached hydrogen (secondary N) is 2. The zero-order valence-corrected chi connectivity index (χ0v) is 16.7. The molecule has 0 radical (unpaired) electrons. The summed E-state index contributed by atoms with van der Waals surface area (Å²) in [4.78, 5) is 22.4. The number of thiophene rings is 1. The lowest BCUT2D eigenvalue weighted by molar-refractivity contribution is -0.122. The third-order valence-electron chi connectivity index (χ3n) is 4.93. The zero-order valence-electron chi connectivity index (χ0n) is 15.9. The highest BCUT2D eigenvalue weighted by Crippen LogP contribution is 2.18. The lowest BCUT2D eigenvalue weighted by atomic mass is 10.1. The van der Waals surface area contributed by atoms with Crippen molar-refractivity contribution in [3.05, 3.63) is 22.4 Å². The molecule has 1 aliphatic heterocycles. The molecule has 0 spiro atoms. The zero-order chi connectivity index (χ0) is 18.4. The van der Waals surface area contributed by atoms with Crippen LogP contribution in [0.4, 0.5) is 0 Å². The minimum absolute atomic E-state index is 0.172. The van der Waals surface area contributed by atoms with Crippen molar-refractivity contribution >= 4 is 23.2 Å². The lowest BCUT2D eigenvalue weighted by Gasteiger charge is -2.36. The van der Waals surface area contributed by atoms with E-state index in [1.165, 1.54) is 4.88 Å². The molecule has 0 aromatic carbocycles. The van der Waals surface area contributed by atoms with Crippen molar-refractivity contribution < 1.29 is 4.79 Å². The van der Waals surface area contributed by atoms with Gasteiger partial charge in [-0.15, -0.1) is 11.3 Å². The van der Waals surface area contributed by atoms with Crippen molar-refractivity contribution in [3.63, 3.8) is 0 Å². The number of hydrogen-bond acceptors (Lipinski definition) is 4. The molecule has 3 rings (SSSR count). The molecule has 1 saturated carbocycles. The molecule has 1 amide bonds. The third kappa shape index (κ3) is 5.99. The van der Waals surface area contributed by atoms with E-state index in [1.54, 1.807) is 0 Å². The highest BCUT2D eigenvalue weighted by Gasteiger charge is 2.25. The number of carbonyl (C=O) groups excluding carboxylic acids is 1. The first-order valence-electron chi connectivity index (χ1n) is 9.63. The van der Waals surface area contributed by atoms with E-state index in [1.807, 2.05) is 18.4 Å². The van der Waals surface area contributed by atoms with Gasteiger partial charge in [0.15, 0.2) is 5.96 Å².